The van der Waals surface area contributed by atoms with E-state index in [1.165, 1.54) is 37.7 Å². The smallest absolute Gasteiger partial charge is 0.00105 e. The van der Waals surface area contributed by atoms with E-state index in [1.807, 2.05) is 0 Å². The molecule has 1 N–H and O–H groups in total. The van der Waals surface area contributed by atoms with Crippen LogP contribution in [0.25, 0.3) is 0 Å². The Bertz CT molecular complexity index is 248. The van der Waals surface area contributed by atoms with Gasteiger partial charge in [0, 0.05) is 6.04 Å². The minimum absolute atomic E-state index is 0.603. The maximum absolute atomic E-state index is 3.45. The predicted octanol–water partition coefficient (Wildman–Crippen LogP) is 4.21. The van der Waals surface area contributed by atoms with E-state index in [0.717, 1.165) is 13.0 Å². The SMILES string of the molecule is C/C(=C/CCNC(C)C)C1=CCCCCC1. The van der Waals surface area contributed by atoms with Gasteiger partial charge in [0.1, 0.15) is 0 Å². The summed E-state index contributed by atoms with van der Waals surface area (Å²) < 4.78 is 0. The standard InChI is InChI=1S/C15H27N/c1-13(2)16-12-8-9-14(3)15-10-6-4-5-7-11-15/h9-10,13,16H,4-8,11-12H2,1-3H3/b14-9-. The van der Waals surface area contributed by atoms with E-state index in [-0.39, 0.29) is 0 Å². The Morgan fingerprint density at radius 3 is 2.94 bits per heavy atom. The molecule has 16 heavy (non-hydrogen) atoms. The van der Waals surface area contributed by atoms with E-state index in [9.17, 15) is 0 Å². The number of nitrogens with one attached hydrogen (secondary N) is 1. The zero-order valence-electron chi connectivity index (χ0n) is 11.2. The highest BCUT2D eigenvalue weighted by atomic mass is 14.9. The van der Waals surface area contributed by atoms with Gasteiger partial charge in [-0.1, -0.05) is 38.0 Å². The van der Waals surface area contributed by atoms with Crippen molar-refractivity contribution in [2.45, 2.75) is 65.3 Å². The molecule has 0 aromatic carbocycles. The second-order valence-electron chi connectivity index (χ2n) is 5.11. The van der Waals surface area contributed by atoms with E-state index in [2.05, 4.69) is 38.2 Å². The third-order valence-electron chi connectivity index (χ3n) is 3.19. The molecule has 92 valence electrons. The Balaban J connectivity index is 2.33. The van der Waals surface area contributed by atoms with Crippen LogP contribution in [0.1, 0.15) is 59.3 Å². The summed E-state index contributed by atoms with van der Waals surface area (Å²) in [7, 11) is 0. The highest BCUT2D eigenvalue weighted by Gasteiger charge is 2.03. The van der Waals surface area contributed by atoms with Gasteiger partial charge in [-0.15, -0.1) is 0 Å². The third-order valence-corrected chi connectivity index (χ3v) is 3.19. The van der Waals surface area contributed by atoms with Crippen molar-refractivity contribution < 1.29 is 0 Å². The number of rotatable bonds is 5. The summed E-state index contributed by atoms with van der Waals surface area (Å²) in [5.41, 5.74) is 3.11. The van der Waals surface area contributed by atoms with Crippen molar-refractivity contribution in [2.75, 3.05) is 6.54 Å². The van der Waals surface area contributed by atoms with Crippen molar-refractivity contribution in [3.8, 4) is 0 Å². The maximum Gasteiger partial charge on any atom is 0.00105 e. The van der Waals surface area contributed by atoms with E-state index >= 15 is 0 Å². The van der Waals surface area contributed by atoms with Crippen LogP contribution in [-0.4, -0.2) is 12.6 Å². The minimum atomic E-state index is 0.603. The predicted molar refractivity (Wildman–Crippen MR) is 72.7 cm³/mol. The Labute approximate surface area is 101 Å². The minimum Gasteiger partial charge on any atom is -0.314 e. The summed E-state index contributed by atoms with van der Waals surface area (Å²) in [6.45, 7) is 7.77. The van der Waals surface area contributed by atoms with Crippen molar-refractivity contribution >= 4 is 0 Å². The van der Waals surface area contributed by atoms with Crippen LogP contribution in [0.2, 0.25) is 0 Å². The lowest BCUT2D eigenvalue weighted by Crippen LogP contribution is -2.23. The Kier molecular flexibility index (Phi) is 6.47. The number of hydrogen-bond donors (Lipinski definition) is 1. The van der Waals surface area contributed by atoms with Gasteiger partial charge in [-0.2, -0.15) is 0 Å². The highest BCUT2D eigenvalue weighted by Crippen LogP contribution is 2.23. The van der Waals surface area contributed by atoms with Crippen LogP contribution in [0.3, 0.4) is 0 Å². The molecule has 1 heteroatoms. The maximum atomic E-state index is 3.45. The molecular formula is C15H27N. The van der Waals surface area contributed by atoms with Crippen molar-refractivity contribution in [1.82, 2.24) is 5.32 Å². The lowest BCUT2D eigenvalue weighted by atomic mass is 10.0. The van der Waals surface area contributed by atoms with E-state index < -0.39 is 0 Å². The Hall–Kier alpha value is -0.560. The molecule has 0 heterocycles. The normalized spacial score (nSPS) is 18.5. The monoisotopic (exact) mass is 221 g/mol. The molecule has 0 bridgehead atoms. The summed E-state index contributed by atoms with van der Waals surface area (Å²) in [5, 5.41) is 3.45. The Morgan fingerprint density at radius 2 is 2.19 bits per heavy atom. The lowest BCUT2D eigenvalue weighted by molar-refractivity contribution is 0.594. The van der Waals surface area contributed by atoms with Gasteiger partial charge in [0.05, 0.1) is 0 Å². The lowest BCUT2D eigenvalue weighted by Gasteiger charge is -2.08. The van der Waals surface area contributed by atoms with E-state index in [0.29, 0.717) is 6.04 Å². The molecule has 0 saturated carbocycles. The van der Waals surface area contributed by atoms with Gasteiger partial charge in [0.15, 0.2) is 0 Å². The molecule has 0 amide bonds. The first kappa shape index (κ1) is 13.5. The van der Waals surface area contributed by atoms with E-state index in [1.54, 1.807) is 5.57 Å². The second kappa shape index (κ2) is 7.67. The summed E-state index contributed by atoms with van der Waals surface area (Å²) in [5.74, 6) is 0. The first-order valence-electron chi connectivity index (χ1n) is 6.79. The van der Waals surface area contributed by atoms with Crippen LogP contribution in [0.15, 0.2) is 23.3 Å². The number of allylic oxidation sites excluding steroid dienone is 3. The molecule has 0 spiro atoms. The van der Waals surface area contributed by atoms with Gasteiger partial charge in [-0.25, -0.2) is 0 Å². The van der Waals surface area contributed by atoms with Gasteiger partial charge >= 0.3 is 0 Å². The molecule has 1 nitrogen and oxygen atoms in total. The summed E-state index contributed by atoms with van der Waals surface area (Å²) in [6.07, 6.45) is 12.7. The molecule has 1 aliphatic carbocycles. The van der Waals surface area contributed by atoms with Crippen molar-refractivity contribution in [3.63, 3.8) is 0 Å². The average Bonchev–Trinajstić information content (AvgIpc) is 2.52. The largest absolute Gasteiger partial charge is 0.314 e. The summed E-state index contributed by atoms with van der Waals surface area (Å²) in [4.78, 5) is 0. The third kappa shape index (κ3) is 5.50. The zero-order valence-corrected chi connectivity index (χ0v) is 11.2. The molecule has 0 unspecified atom stereocenters. The fourth-order valence-electron chi connectivity index (χ4n) is 2.16. The molecular weight excluding hydrogens is 194 g/mol. The van der Waals surface area contributed by atoms with Crippen LogP contribution < -0.4 is 5.32 Å². The molecule has 1 rings (SSSR count). The van der Waals surface area contributed by atoms with Crippen molar-refractivity contribution in [2.24, 2.45) is 0 Å². The first-order chi connectivity index (χ1) is 7.70. The topological polar surface area (TPSA) is 12.0 Å². The van der Waals surface area contributed by atoms with Crippen LogP contribution in [0, 0.1) is 0 Å². The second-order valence-corrected chi connectivity index (χ2v) is 5.11. The zero-order chi connectivity index (χ0) is 11.8. The fraction of sp³-hybridized carbons (Fsp3) is 0.733. The molecule has 1 aliphatic rings. The first-order valence-corrected chi connectivity index (χ1v) is 6.79. The molecule has 0 aromatic heterocycles. The van der Waals surface area contributed by atoms with Gasteiger partial charge in [-0.05, 0) is 51.1 Å². The highest BCUT2D eigenvalue weighted by molar-refractivity contribution is 5.29. The quantitative estimate of drug-likeness (QED) is 0.686. The van der Waals surface area contributed by atoms with Crippen LogP contribution in [0.5, 0.6) is 0 Å². The van der Waals surface area contributed by atoms with Gasteiger partial charge < -0.3 is 5.32 Å². The van der Waals surface area contributed by atoms with Gasteiger partial charge in [-0.3, -0.25) is 0 Å². The van der Waals surface area contributed by atoms with Crippen molar-refractivity contribution in [3.05, 3.63) is 23.3 Å². The van der Waals surface area contributed by atoms with Crippen LogP contribution >= 0.6 is 0 Å². The molecule has 0 radical (unpaired) electrons. The van der Waals surface area contributed by atoms with Crippen LogP contribution in [0.4, 0.5) is 0 Å². The average molecular weight is 221 g/mol. The van der Waals surface area contributed by atoms with E-state index in [4.69, 9.17) is 0 Å². The van der Waals surface area contributed by atoms with Gasteiger partial charge in [0.25, 0.3) is 0 Å². The van der Waals surface area contributed by atoms with Crippen molar-refractivity contribution in [1.29, 1.82) is 0 Å². The molecule has 0 atom stereocenters. The van der Waals surface area contributed by atoms with Crippen LogP contribution in [-0.2, 0) is 0 Å². The Morgan fingerprint density at radius 1 is 1.38 bits per heavy atom. The summed E-state index contributed by atoms with van der Waals surface area (Å²) in [6, 6.07) is 0.603. The molecule has 0 aliphatic heterocycles. The summed E-state index contributed by atoms with van der Waals surface area (Å²) >= 11 is 0. The molecule has 0 fully saturated rings. The molecule has 0 aromatic rings. The fourth-order valence-corrected chi connectivity index (χ4v) is 2.16. The molecule has 0 saturated heterocycles. The number of hydrogen-bond acceptors (Lipinski definition) is 1. The van der Waals surface area contributed by atoms with Gasteiger partial charge in [0.2, 0.25) is 0 Å².